The Labute approximate surface area is 115 Å². The minimum absolute atomic E-state index is 0.0380. The van der Waals surface area contributed by atoms with Crippen LogP contribution in [0, 0.1) is 13.8 Å². The van der Waals surface area contributed by atoms with Crippen molar-refractivity contribution in [1.82, 2.24) is 0 Å². The average molecular weight is 277 g/mol. The molecule has 0 saturated heterocycles. The van der Waals surface area contributed by atoms with Crippen LogP contribution in [0.1, 0.15) is 27.0 Å². The largest absolute Gasteiger partial charge is 0.289 e. The standard InChI is InChI=1S/C15H10Cl2O/c1-7-5-8(2)12-10(6-7)13-9(15(12)18)3-4-11(16)14(13)17/h3-6H,1-2H3. The first kappa shape index (κ1) is 11.8. The number of aryl methyl sites for hydroxylation is 2. The molecule has 0 aliphatic heterocycles. The molecule has 0 atom stereocenters. The van der Waals surface area contributed by atoms with Gasteiger partial charge < -0.3 is 0 Å². The van der Waals surface area contributed by atoms with Gasteiger partial charge in [0.15, 0.2) is 5.78 Å². The Morgan fingerprint density at radius 2 is 1.67 bits per heavy atom. The van der Waals surface area contributed by atoms with Gasteiger partial charge in [0.1, 0.15) is 0 Å². The van der Waals surface area contributed by atoms with Crippen molar-refractivity contribution in [1.29, 1.82) is 0 Å². The number of carbonyl (C=O) groups is 1. The molecule has 3 heteroatoms. The van der Waals surface area contributed by atoms with Gasteiger partial charge in [-0.1, -0.05) is 40.9 Å². The highest BCUT2D eigenvalue weighted by molar-refractivity contribution is 6.45. The molecule has 18 heavy (non-hydrogen) atoms. The lowest BCUT2D eigenvalue weighted by Crippen LogP contribution is -1.98. The summed E-state index contributed by atoms with van der Waals surface area (Å²) in [7, 11) is 0. The highest BCUT2D eigenvalue weighted by Crippen LogP contribution is 2.45. The van der Waals surface area contributed by atoms with Gasteiger partial charge in [-0.3, -0.25) is 4.79 Å². The topological polar surface area (TPSA) is 17.1 Å². The Bertz CT molecular complexity index is 702. The van der Waals surface area contributed by atoms with Gasteiger partial charge in [0, 0.05) is 16.7 Å². The normalized spacial score (nSPS) is 12.6. The Balaban J connectivity index is 2.46. The van der Waals surface area contributed by atoms with Crippen molar-refractivity contribution in [2.45, 2.75) is 13.8 Å². The van der Waals surface area contributed by atoms with Crippen LogP contribution in [0.15, 0.2) is 24.3 Å². The van der Waals surface area contributed by atoms with Crippen molar-refractivity contribution < 1.29 is 4.79 Å². The Kier molecular flexibility index (Phi) is 2.51. The highest BCUT2D eigenvalue weighted by atomic mass is 35.5. The molecule has 0 N–H and O–H groups in total. The van der Waals surface area contributed by atoms with Crippen LogP contribution in [0.25, 0.3) is 11.1 Å². The van der Waals surface area contributed by atoms with E-state index in [1.807, 2.05) is 26.0 Å². The summed E-state index contributed by atoms with van der Waals surface area (Å²) in [6.45, 7) is 3.96. The lowest BCUT2D eigenvalue weighted by molar-refractivity contribution is 0.104. The lowest BCUT2D eigenvalue weighted by Gasteiger charge is -2.07. The predicted molar refractivity (Wildman–Crippen MR) is 74.8 cm³/mol. The number of hydrogen-bond acceptors (Lipinski definition) is 1. The summed E-state index contributed by atoms with van der Waals surface area (Å²) >= 11 is 12.3. The van der Waals surface area contributed by atoms with E-state index in [-0.39, 0.29) is 5.78 Å². The van der Waals surface area contributed by atoms with E-state index in [0.717, 1.165) is 27.8 Å². The smallest absolute Gasteiger partial charge is 0.194 e. The fraction of sp³-hybridized carbons (Fsp3) is 0.133. The molecular weight excluding hydrogens is 267 g/mol. The first-order valence-electron chi connectivity index (χ1n) is 5.65. The third kappa shape index (κ3) is 1.44. The molecule has 1 aliphatic rings. The molecule has 2 aromatic rings. The molecule has 0 unspecified atom stereocenters. The molecule has 0 aromatic heterocycles. The van der Waals surface area contributed by atoms with Gasteiger partial charge in [0.05, 0.1) is 10.0 Å². The van der Waals surface area contributed by atoms with Crippen molar-refractivity contribution in [2.24, 2.45) is 0 Å². The summed E-state index contributed by atoms with van der Waals surface area (Å²) in [5.74, 6) is 0.0380. The Hall–Kier alpha value is -1.31. The third-order valence-corrected chi connectivity index (χ3v) is 4.12. The summed E-state index contributed by atoms with van der Waals surface area (Å²) in [5, 5.41) is 0.946. The second-order valence-corrected chi connectivity index (χ2v) is 5.40. The van der Waals surface area contributed by atoms with Gasteiger partial charge in [-0.15, -0.1) is 0 Å². The van der Waals surface area contributed by atoms with Crippen LogP contribution in [-0.2, 0) is 0 Å². The van der Waals surface area contributed by atoms with Crippen molar-refractivity contribution in [3.8, 4) is 11.1 Å². The minimum atomic E-state index is 0.0380. The average Bonchev–Trinajstić information content (AvgIpc) is 2.58. The highest BCUT2D eigenvalue weighted by Gasteiger charge is 2.30. The molecule has 0 amide bonds. The van der Waals surface area contributed by atoms with Gasteiger partial charge in [0.25, 0.3) is 0 Å². The molecule has 2 aromatic carbocycles. The SMILES string of the molecule is Cc1cc(C)c2c(c1)-c1c(ccc(Cl)c1Cl)C2=O. The summed E-state index contributed by atoms with van der Waals surface area (Å²) in [5.41, 5.74) is 5.17. The lowest BCUT2D eigenvalue weighted by atomic mass is 9.99. The molecule has 3 rings (SSSR count). The van der Waals surface area contributed by atoms with E-state index in [1.165, 1.54) is 0 Å². The minimum Gasteiger partial charge on any atom is -0.289 e. The summed E-state index contributed by atoms with van der Waals surface area (Å²) in [6.07, 6.45) is 0. The Morgan fingerprint density at radius 1 is 0.944 bits per heavy atom. The second-order valence-electron chi connectivity index (χ2n) is 4.62. The number of rotatable bonds is 0. The maximum atomic E-state index is 12.4. The number of halogens is 2. The van der Waals surface area contributed by atoms with Gasteiger partial charge in [0.2, 0.25) is 0 Å². The molecule has 0 radical (unpaired) electrons. The number of carbonyl (C=O) groups excluding carboxylic acids is 1. The number of benzene rings is 2. The van der Waals surface area contributed by atoms with Crippen LogP contribution in [0.2, 0.25) is 10.0 Å². The Morgan fingerprint density at radius 3 is 2.39 bits per heavy atom. The van der Waals surface area contributed by atoms with Crippen LogP contribution in [0.3, 0.4) is 0 Å². The molecule has 0 fully saturated rings. The number of ketones is 1. The van der Waals surface area contributed by atoms with Gasteiger partial charge >= 0.3 is 0 Å². The fourth-order valence-corrected chi connectivity index (χ4v) is 3.03. The van der Waals surface area contributed by atoms with E-state index in [0.29, 0.717) is 15.6 Å². The third-order valence-electron chi connectivity index (χ3n) is 3.32. The summed E-state index contributed by atoms with van der Waals surface area (Å²) in [4.78, 5) is 12.4. The quantitative estimate of drug-likeness (QED) is 0.575. The molecule has 1 nitrogen and oxygen atoms in total. The second kappa shape index (κ2) is 3.84. The zero-order valence-electron chi connectivity index (χ0n) is 9.97. The van der Waals surface area contributed by atoms with Gasteiger partial charge in [-0.25, -0.2) is 0 Å². The van der Waals surface area contributed by atoms with Crippen molar-refractivity contribution in [3.05, 3.63) is 56.6 Å². The monoisotopic (exact) mass is 276 g/mol. The van der Waals surface area contributed by atoms with Crippen LogP contribution in [-0.4, -0.2) is 5.78 Å². The number of fused-ring (bicyclic) bond motifs is 3. The number of hydrogen-bond donors (Lipinski definition) is 0. The zero-order chi connectivity index (χ0) is 13.0. The molecule has 0 saturated carbocycles. The van der Waals surface area contributed by atoms with Crippen LogP contribution in [0.5, 0.6) is 0 Å². The predicted octanol–water partition coefficient (Wildman–Crippen LogP) is 4.82. The zero-order valence-corrected chi connectivity index (χ0v) is 11.5. The van der Waals surface area contributed by atoms with Crippen molar-refractivity contribution in [2.75, 3.05) is 0 Å². The molecular formula is C15H10Cl2O. The maximum absolute atomic E-state index is 12.4. The van der Waals surface area contributed by atoms with Crippen molar-refractivity contribution in [3.63, 3.8) is 0 Å². The fourth-order valence-electron chi connectivity index (χ4n) is 2.60. The van der Waals surface area contributed by atoms with Gasteiger partial charge in [-0.2, -0.15) is 0 Å². The molecule has 0 spiro atoms. The van der Waals surface area contributed by atoms with Crippen molar-refractivity contribution >= 4 is 29.0 Å². The van der Waals surface area contributed by atoms with E-state index >= 15 is 0 Å². The van der Waals surface area contributed by atoms with Crippen LogP contribution >= 0.6 is 23.2 Å². The molecule has 90 valence electrons. The van der Waals surface area contributed by atoms with E-state index in [4.69, 9.17) is 23.2 Å². The van der Waals surface area contributed by atoms with Crippen LogP contribution < -0.4 is 0 Å². The van der Waals surface area contributed by atoms with Crippen LogP contribution in [0.4, 0.5) is 0 Å². The summed E-state index contributed by atoms with van der Waals surface area (Å²) in [6, 6.07) is 7.43. The first-order valence-corrected chi connectivity index (χ1v) is 6.40. The molecule has 0 heterocycles. The van der Waals surface area contributed by atoms with E-state index in [2.05, 4.69) is 0 Å². The summed E-state index contributed by atoms with van der Waals surface area (Å²) < 4.78 is 0. The van der Waals surface area contributed by atoms with Gasteiger partial charge in [-0.05, 0) is 37.1 Å². The van der Waals surface area contributed by atoms with E-state index < -0.39 is 0 Å². The van der Waals surface area contributed by atoms with E-state index in [9.17, 15) is 4.79 Å². The molecule has 1 aliphatic carbocycles. The van der Waals surface area contributed by atoms with E-state index in [1.54, 1.807) is 12.1 Å². The first-order chi connectivity index (χ1) is 8.50. The maximum Gasteiger partial charge on any atom is 0.194 e. The molecule has 0 bridgehead atoms.